The van der Waals surface area contributed by atoms with Crippen molar-refractivity contribution in [3.63, 3.8) is 0 Å². The van der Waals surface area contributed by atoms with Crippen LogP contribution in [0.1, 0.15) is 117 Å². The average Bonchev–Trinajstić information content (AvgIpc) is 2.82. The molecule has 0 aliphatic rings. The first kappa shape index (κ1) is 32.4. The monoisotopic (exact) mass is 530 g/mol. The minimum atomic E-state index is -0.383. The van der Waals surface area contributed by atoms with Gasteiger partial charge in [-0.15, -0.1) is 0 Å². The van der Waals surface area contributed by atoms with Gasteiger partial charge in [-0.1, -0.05) is 105 Å². The molecule has 0 rings (SSSR count). The van der Waals surface area contributed by atoms with Crippen LogP contribution in [-0.2, 0) is 19.0 Å². The number of unbranched alkanes of at least 4 members (excludes halogenated alkanes) is 11. The van der Waals surface area contributed by atoms with Crippen LogP contribution in [0.25, 0.3) is 0 Å². The largest absolute Gasteiger partial charge is 0.466 e. The van der Waals surface area contributed by atoms with E-state index >= 15 is 0 Å². The fourth-order valence-corrected chi connectivity index (χ4v) is 3.73. The van der Waals surface area contributed by atoms with Gasteiger partial charge in [0.2, 0.25) is 0 Å². The van der Waals surface area contributed by atoms with Crippen molar-refractivity contribution in [2.75, 3.05) is 25.2 Å². The Morgan fingerprint density at radius 2 is 1.27 bits per heavy atom. The molecular formula is C28H51BrO4. The van der Waals surface area contributed by atoms with Crippen LogP contribution in [-0.4, -0.2) is 37.4 Å². The number of carbonyl (C=O) groups is 1. The maximum atomic E-state index is 12.1. The van der Waals surface area contributed by atoms with Crippen molar-refractivity contribution in [3.05, 3.63) is 24.3 Å². The van der Waals surface area contributed by atoms with Crippen molar-refractivity contribution in [2.45, 2.75) is 123 Å². The van der Waals surface area contributed by atoms with Crippen LogP contribution in [0.4, 0.5) is 0 Å². The van der Waals surface area contributed by atoms with Crippen LogP contribution in [0.15, 0.2) is 24.3 Å². The van der Waals surface area contributed by atoms with Crippen LogP contribution >= 0.6 is 15.9 Å². The summed E-state index contributed by atoms with van der Waals surface area (Å²) in [5.41, 5.74) is 0. The van der Waals surface area contributed by atoms with Crippen molar-refractivity contribution >= 4 is 21.9 Å². The maximum Gasteiger partial charge on any atom is 0.305 e. The molecule has 0 aromatic heterocycles. The van der Waals surface area contributed by atoms with E-state index in [4.69, 9.17) is 14.2 Å². The average molecular weight is 532 g/mol. The Morgan fingerprint density at radius 3 is 1.82 bits per heavy atom. The second-order valence-electron chi connectivity index (χ2n) is 8.60. The third kappa shape index (κ3) is 25.8. The predicted molar refractivity (Wildman–Crippen MR) is 144 cm³/mol. The molecule has 0 heterocycles. The van der Waals surface area contributed by atoms with Crippen molar-refractivity contribution < 1.29 is 19.0 Å². The highest BCUT2D eigenvalue weighted by Gasteiger charge is 2.12. The van der Waals surface area contributed by atoms with E-state index in [0.29, 0.717) is 32.7 Å². The second kappa shape index (κ2) is 27.6. The van der Waals surface area contributed by atoms with Gasteiger partial charge in [-0.05, 0) is 38.5 Å². The number of hydrogen-bond donors (Lipinski definition) is 0. The van der Waals surface area contributed by atoms with Gasteiger partial charge in [-0.3, -0.25) is 4.79 Å². The van der Waals surface area contributed by atoms with Crippen molar-refractivity contribution in [2.24, 2.45) is 0 Å². The Morgan fingerprint density at radius 1 is 0.727 bits per heavy atom. The Labute approximate surface area is 213 Å². The molecule has 0 unspecified atom stereocenters. The maximum absolute atomic E-state index is 12.1. The van der Waals surface area contributed by atoms with Gasteiger partial charge in [0.15, 0.2) is 6.29 Å². The highest BCUT2D eigenvalue weighted by Crippen LogP contribution is 2.09. The molecule has 194 valence electrons. The summed E-state index contributed by atoms with van der Waals surface area (Å²) in [6.07, 6.45) is 25.7. The summed E-state index contributed by atoms with van der Waals surface area (Å²) in [6, 6.07) is 0. The van der Waals surface area contributed by atoms with Gasteiger partial charge in [0, 0.05) is 11.8 Å². The minimum absolute atomic E-state index is 0.161. The molecule has 0 N–H and O–H groups in total. The van der Waals surface area contributed by atoms with Crippen molar-refractivity contribution in [1.29, 1.82) is 0 Å². The first-order chi connectivity index (χ1) is 16.2. The normalized spacial score (nSPS) is 11.9. The third-order valence-corrected chi connectivity index (χ3v) is 5.97. The zero-order valence-corrected chi connectivity index (χ0v) is 23.1. The fourth-order valence-electron chi connectivity index (χ4n) is 3.33. The molecule has 0 aliphatic carbocycles. The molecule has 0 bridgehead atoms. The number of ether oxygens (including phenoxy) is 3. The molecule has 0 radical (unpaired) electrons. The SMILES string of the molecule is CCCCCC/C=C/COC(CCC(=O)OCCCCCCBr)OC/C=C/CCCCCC. The van der Waals surface area contributed by atoms with Gasteiger partial charge in [0.1, 0.15) is 0 Å². The molecule has 33 heavy (non-hydrogen) atoms. The van der Waals surface area contributed by atoms with Gasteiger partial charge in [0.25, 0.3) is 0 Å². The predicted octanol–water partition coefficient (Wildman–Crippen LogP) is 8.68. The van der Waals surface area contributed by atoms with Crippen LogP contribution in [0.3, 0.4) is 0 Å². The Balaban J connectivity index is 4.17. The molecule has 0 amide bonds. The Hall–Kier alpha value is -0.650. The highest BCUT2D eigenvalue weighted by molar-refractivity contribution is 9.09. The number of alkyl halides is 1. The molecule has 5 heteroatoms. The summed E-state index contributed by atoms with van der Waals surface area (Å²) < 4.78 is 17.2. The minimum Gasteiger partial charge on any atom is -0.466 e. The first-order valence-electron chi connectivity index (χ1n) is 13.5. The van der Waals surface area contributed by atoms with E-state index < -0.39 is 0 Å². The summed E-state index contributed by atoms with van der Waals surface area (Å²) in [4.78, 5) is 12.1. The standard InChI is InChI=1S/C28H51BrO4/c1-3-5-7-9-11-14-19-25-32-28(33-26-20-15-12-10-8-6-4-2)22-21-27(30)31-24-18-16-13-17-23-29/h14-15,19-20,28H,3-13,16-18,21-26H2,1-2H3/b19-14+,20-15+. The fraction of sp³-hybridized carbons (Fsp3) is 0.821. The zero-order chi connectivity index (χ0) is 24.2. The van der Waals surface area contributed by atoms with E-state index in [2.05, 4.69) is 54.1 Å². The van der Waals surface area contributed by atoms with Crippen LogP contribution in [0.5, 0.6) is 0 Å². The first-order valence-corrected chi connectivity index (χ1v) is 14.6. The van der Waals surface area contributed by atoms with Gasteiger partial charge in [-0.2, -0.15) is 0 Å². The van der Waals surface area contributed by atoms with Crippen molar-refractivity contribution in [3.8, 4) is 0 Å². The topological polar surface area (TPSA) is 44.8 Å². The van der Waals surface area contributed by atoms with Gasteiger partial charge in [0.05, 0.1) is 26.2 Å². The lowest BCUT2D eigenvalue weighted by molar-refractivity contribution is -0.153. The summed E-state index contributed by atoms with van der Waals surface area (Å²) >= 11 is 3.44. The quantitative estimate of drug-likeness (QED) is 0.0389. The number of hydrogen-bond acceptors (Lipinski definition) is 4. The van der Waals surface area contributed by atoms with Gasteiger partial charge in [-0.25, -0.2) is 0 Å². The van der Waals surface area contributed by atoms with E-state index in [9.17, 15) is 4.79 Å². The smallest absolute Gasteiger partial charge is 0.305 e. The molecule has 0 saturated carbocycles. The number of carbonyl (C=O) groups excluding carboxylic acids is 1. The van der Waals surface area contributed by atoms with E-state index in [1.165, 1.54) is 64.2 Å². The molecule has 0 aromatic carbocycles. The lowest BCUT2D eigenvalue weighted by Gasteiger charge is -2.16. The number of halogens is 1. The lowest BCUT2D eigenvalue weighted by atomic mass is 10.1. The molecule has 0 saturated heterocycles. The molecule has 0 aliphatic heterocycles. The molecule has 0 atom stereocenters. The van der Waals surface area contributed by atoms with E-state index in [-0.39, 0.29) is 12.3 Å². The molecule has 4 nitrogen and oxygen atoms in total. The Bertz CT molecular complexity index is 439. The van der Waals surface area contributed by atoms with Crippen LogP contribution < -0.4 is 0 Å². The van der Waals surface area contributed by atoms with Crippen molar-refractivity contribution in [1.82, 2.24) is 0 Å². The zero-order valence-electron chi connectivity index (χ0n) is 21.5. The third-order valence-electron chi connectivity index (χ3n) is 5.41. The molecule has 0 fully saturated rings. The van der Waals surface area contributed by atoms with Crippen LogP contribution in [0.2, 0.25) is 0 Å². The number of allylic oxidation sites excluding steroid dienone is 2. The summed E-state index contributed by atoms with van der Waals surface area (Å²) in [5.74, 6) is -0.161. The summed E-state index contributed by atoms with van der Waals surface area (Å²) in [5, 5.41) is 1.04. The molecule has 0 spiro atoms. The molecular weight excluding hydrogens is 480 g/mol. The van der Waals surface area contributed by atoms with E-state index in [1.807, 2.05) is 0 Å². The number of rotatable bonds is 25. The Kier molecular flexibility index (Phi) is 27.0. The number of esters is 1. The lowest BCUT2D eigenvalue weighted by Crippen LogP contribution is -2.20. The summed E-state index contributed by atoms with van der Waals surface area (Å²) in [7, 11) is 0. The molecule has 0 aromatic rings. The van der Waals surface area contributed by atoms with Crippen LogP contribution in [0, 0.1) is 0 Å². The van der Waals surface area contributed by atoms with E-state index in [1.54, 1.807) is 0 Å². The summed E-state index contributed by atoms with van der Waals surface area (Å²) in [6.45, 7) is 6.00. The van der Waals surface area contributed by atoms with Gasteiger partial charge >= 0.3 is 5.97 Å². The van der Waals surface area contributed by atoms with E-state index in [0.717, 1.165) is 31.0 Å². The highest BCUT2D eigenvalue weighted by atomic mass is 79.9. The van der Waals surface area contributed by atoms with Gasteiger partial charge < -0.3 is 14.2 Å². The second-order valence-corrected chi connectivity index (χ2v) is 9.39.